The van der Waals surface area contributed by atoms with E-state index in [1.807, 2.05) is 13.1 Å². The van der Waals surface area contributed by atoms with Crippen molar-refractivity contribution in [2.24, 2.45) is 7.05 Å². The summed E-state index contributed by atoms with van der Waals surface area (Å²) in [6, 6.07) is 3.60. The average molecular weight is 324 g/mol. The Labute approximate surface area is 137 Å². The van der Waals surface area contributed by atoms with E-state index in [-0.39, 0.29) is 5.91 Å². The summed E-state index contributed by atoms with van der Waals surface area (Å²) in [6.45, 7) is 0.341. The molecule has 8 nitrogen and oxygen atoms in total. The van der Waals surface area contributed by atoms with Crippen LogP contribution in [0, 0.1) is 0 Å². The monoisotopic (exact) mass is 324 g/mol. The van der Waals surface area contributed by atoms with Crippen molar-refractivity contribution in [1.29, 1.82) is 0 Å². The molecule has 0 saturated heterocycles. The van der Waals surface area contributed by atoms with Gasteiger partial charge in [0.1, 0.15) is 17.1 Å². The second-order valence-electron chi connectivity index (χ2n) is 5.81. The quantitative estimate of drug-likeness (QED) is 0.766. The molecule has 0 bridgehead atoms. The van der Waals surface area contributed by atoms with Crippen molar-refractivity contribution >= 4 is 5.91 Å². The maximum atomic E-state index is 12.2. The van der Waals surface area contributed by atoms with Crippen LogP contribution in [0.5, 0.6) is 0 Å². The molecular formula is C16H16N6O2. The lowest BCUT2D eigenvalue weighted by Crippen LogP contribution is -2.24. The number of rotatable bonds is 5. The fourth-order valence-corrected chi connectivity index (χ4v) is 2.45. The molecule has 1 aliphatic carbocycles. The van der Waals surface area contributed by atoms with Gasteiger partial charge in [0.25, 0.3) is 5.91 Å². The molecule has 8 heteroatoms. The molecule has 1 aliphatic rings. The van der Waals surface area contributed by atoms with Crippen LogP contribution in [0.2, 0.25) is 0 Å². The third-order valence-corrected chi connectivity index (χ3v) is 3.97. The highest BCUT2D eigenvalue weighted by Gasteiger charge is 2.28. The Morgan fingerprint density at radius 2 is 2.21 bits per heavy atom. The molecule has 0 aromatic carbocycles. The third-order valence-electron chi connectivity index (χ3n) is 3.97. The Morgan fingerprint density at radius 3 is 2.96 bits per heavy atom. The fourth-order valence-electron chi connectivity index (χ4n) is 2.45. The first-order valence-electron chi connectivity index (χ1n) is 7.75. The standard InChI is InChI=1S/C16H16N6O2/c1-22-11(6-12(20-22)14-9-17-4-5-18-14)8-19-16(23)13-7-15(24-21-13)10-2-3-10/h4-7,9-10H,2-3,8H2,1H3,(H,19,23). The predicted octanol–water partition coefficient (Wildman–Crippen LogP) is 1.67. The zero-order valence-corrected chi connectivity index (χ0v) is 13.1. The summed E-state index contributed by atoms with van der Waals surface area (Å²) in [5.41, 5.74) is 2.58. The molecule has 0 radical (unpaired) electrons. The van der Waals surface area contributed by atoms with E-state index in [9.17, 15) is 4.79 Å². The number of carbonyl (C=O) groups excluding carboxylic acids is 1. The molecular weight excluding hydrogens is 308 g/mol. The van der Waals surface area contributed by atoms with Crippen LogP contribution < -0.4 is 5.32 Å². The molecule has 3 aromatic heterocycles. The van der Waals surface area contributed by atoms with Crippen LogP contribution in [-0.4, -0.2) is 30.8 Å². The van der Waals surface area contributed by atoms with Gasteiger partial charge in [0.05, 0.1) is 18.4 Å². The molecule has 3 heterocycles. The predicted molar refractivity (Wildman–Crippen MR) is 83.9 cm³/mol. The topological polar surface area (TPSA) is 98.7 Å². The molecule has 0 aliphatic heterocycles. The number of nitrogens with one attached hydrogen (secondary N) is 1. The molecule has 3 aromatic rings. The molecule has 0 spiro atoms. The average Bonchev–Trinajstić information content (AvgIpc) is 3.22. The van der Waals surface area contributed by atoms with Crippen molar-refractivity contribution in [2.75, 3.05) is 0 Å². The van der Waals surface area contributed by atoms with Crippen molar-refractivity contribution in [3.05, 3.63) is 47.9 Å². The van der Waals surface area contributed by atoms with Gasteiger partial charge in [-0.25, -0.2) is 0 Å². The number of hydrogen-bond donors (Lipinski definition) is 1. The van der Waals surface area contributed by atoms with Crippen molar-refractivity contribution in [2.45, 2.75) is 25.3 Å². The first-order valence-corrected chi connectivity index (χ1v) is 7.75. The summed E-state index contributed by atoms with van der Waals surface area (Å²) < 4.78 is 6.91. The minimum atomic E-state index is -0.257. The number of nitrogens with zero attached hydrogens (tertiary/aromatic N) is 5. The third kappa shape index (κ3) is 2.90. The van der Waals surface area contributed by atoms with Gasteiger partial charge in [-0.05, 0) is 18.9 Å². The Kier molecular flexibility index (Phi) is 3.56. The van der Waals surface area contributed by atoms with Crippen molar-refractivity contribution in [3.8, 4) is 11.4 Å². The van der Waals surface area contributed by atoms with Gasteiger partial charge in [0, 0.05) is 31.4 Å². The maximum Gasteiger partial charge on any atom is 0.273 e. The van der Waals surface area contributed by atoms with Gasteiger partial charge in [-0.2, -0.15) is 5.10 Å². The lowest BCUT2D eigenvalue weighted by molar-refractivity contribution is 0.0941. The van der Waals surface area contributed by atoms with Crippen LogP contribution in [0.1, 0.15) is 40.7 Å². The smallest absolute Gasteiger partial charge is 0.273 e. The number of aryl methyl sites for hydroxylation is 1. The number of carbonyl (C=O) groups is 1. The minimum absolute atomic E-state index is 0.257. The second-order valence-corrected chi connectivity index (χ2v) is 5.81. The van der Waals surface area contributed by atoms with Crippen LogP contribution in [0.25, 0.3) is 11.4 Å². The van der Waals surface area contributed by atoms with Crippen LogP contribution in [-0.2, 0) is 13.6 Å². The first kappa shape index (κ1) is 14.6. The van der Waals surface area contributed by atoms with E-state index in [1.54, 1.807) is 29.3 Å². The first-order chi connectivity index (χ1) is 11.7. The summed E-state index contributed by atoms with van der Waals surface area (Å²) in [6.07, 6.45) is 7.10. The van der Waals surface area contributed by atoms with Crippen LogP contribution >= 0.6 is 0 Å². The number of amides is 1. The molecule has 1 amide bonds. The molecule has 122 valence electrons. The summed E-state index contributed by atoms with van der Waals surface area (Å²) in [7, 11) is 1.82. The zero-order chi connectivity index (χ0) is 16.5. The normalized spacial score (nSPS) is 13.9. The molecule has 0 atom stereocenters. The molecule has 1 saturated carbocycles. The second kappa shape index (κ2) is 5.88. The van der Waals surface area contributed by atoms with E-state index < -0.39 is 0 Å². The van der Waals surface area contributed by atoms with Gasteiger partial charge in [-0.3, -0.25) is 19.4 Å². The molecule has 1 fully saturated rings. The summed E-state index contributed by atoms with van der Waals surface area (Å²) in [4.78, 5) is 20.4. The summed E-state index contributed by atoms with van der Waals surface area (Å²) in [5, 5.41) is 11.1. The highest BCUT2D eigenvalue weighted by molar-refractivity contribution is 5.92. The lowest BCUT2D eigenvalue weighted by atomic mass is 10.2. The van der Waals surface area contributed by atoms with Gasteiger partial charge in [0.15, 0.2) is 5.69 Å². The van der Waals surface area contributed by atoms with E-state index in [0.29, 0.717) is 29.5 Å². The van der Waals surface area contributed by atoms with Crippen LogP contribution in [0.15, 0.2) is 35.2 Å². The van der Waals surface area contributed by atoms with Gasteiger partial charge in [0.2, 0.25) is 0 Å². The van der Waals surface area contributed by atoms with E-state index in [1.165, 1.54) is 0 Å². The molecule has 1 N–H and O–H groups in total. The Bertz CT molecular complexity index is 866. The SMILES string of the molecule is Cn1nc(-c2cnccn2)cc1CNC(=O)c1cc(C2CC2)on1. The fraction of sp³-hybridized carbons (Fsp3) is 0.312. The maximum absolute atomic E-state index is 12.2. The highest BCUT2D eigenvalue weighted by Crippen LogP contribution is 2.40. The highest BCUT2D eigenvalue weighted by atomic mass is 16.5. The Hall–Kier alpha value is -3.03. The molecule has 4 rings (SSSR count). The number of hydrogen-bond acceptors (Lipinski definition) is 6. The van der Waals surface area contributed by atoms with Gasteiger partial charge >= 0.3 is 0 Å². The van der Waals surface area contributed by atoms with E-state index >= 15 is 0 Å². The molecule has 24 heavy (non-hydrogen) atoms. The zero-order valence-electron chi connectivity index (χ0n) is 13.1. The summed E-state index contributed by atoms with van der Waals surface area (Å²) >= 11 is 0. The van der Waals surface area contributed by atoms with E-state index in [2.05, 4.69) is 25.5 Å². The van der Waals surface area contributed by atoms with Crippen molar-refractivity contribution in [3.63, 3.8) is 0 Å². The lowest BCUT2D eigenvalue weighted by Gasteiger charge is -2.02. The van der Waals surface area contributed by atoms with Crippen molar-refractivity contribution < 1.29 is 9.32 Å². The summed E-state index contributed by atoms with van der Waals surface area (Å²) in [5.74, 6) is 0.976. The minimum Gasteiger partial charge on any atom is -0.360 e. The van der Waals surface area contributed by atoms with Crippen molar-refractivity contribution in [1.82, 2.24) is 30.2 Å². The van der Waals surface area contributed by atoms with Crippen LogP contribution in [0.3, 0.4) is 0 Å². The van der Waals surface area contributed by atoms with Gasteiger partial charge in [-0.15, -0.1) is 0 Å². The Balaban J connectivity index is 1.43. The number of aromatic nitrogens is 5. The van der Waals surface area contributed by atoms with E-state index in [4.69, 9.17) is 4.52 Å². The Morgan fingerprint density at radius 1 is 1.33 bits per heavy atom. The van der Waals surface area contributed by atoms with Gasteiger partial charge < -0.3 is 9.84 Å². The van der Waals surface area contributed by atoms with E-state index in [0.717, 1.165) is 24.3 Å². The van der Waals surface area contributed by atoms with Gasteiger partial charge in [-0.1, -0.05) is 5.16 Å². The van der Waals surface area contributed by atoms with Crippen LogP contribution in [0.4, 0.5) is 0 Å². The largest absolute Gasteiger partial charge is 0.360 e. The molecule has 0 unspecified atom stereocenters.